The minimum absolute atomic E-state index is 0.0280. The predicted molar refractivity (Wildman–Crippen MR) is 66.1 cm³/mol. The van der Waals surface area contributed by atoms with Crippen molar-refractivity contribution in [1.29, 1.82) is 0 Å². The number of aliphatic carboxylic acids is 1. The Balaban J connectivity index is 1.86. The number of rotatable bonds is 3. The van der Waals surface area contributed by atoms with Gasteiger partial charge in [-0.1, -0.05) is 6.92 Å². The maximum atomic E-state index is 11.9. The van der Waals surface area contributed by atoms with Crippen LogP contribution in [-0.2, 0) is 11.3 Å². The normalized spacial score (nSPS) is 22.3. The van der Waals surface area contributed by atoms with Crippen molar-refractivity contribution in [2.24, 2.45) is 11.8 Å². The lowest BCUT2D eigenvalue weighted by Gasteiger charge is -2.16. The molecule has 2 N–H and O–H groups in total. The molecule has 1 aliphatic rings. The van der Waals surface area contributed by atoms with E-state index in [0.717, 1.165) is 0 Å². The molecule has 0 aliphatic carbocycles. The van der Waals surface area contributed by atoms with Crippen LogP contribution in [0.5, 0.6) is 0 Å². The molecule has 2 amide bonds. The minimum Gasteiger partial charge on any atom is -0.481 e. The molecule has 0 radical (unpaired) electrons. The Morgan fingerprint density at radius 1 is 1.53 bits per heavy atom. The van der Waals surface area contributed by atoms with E-state index in [0.29, 0.717) is 12.2 Å². The maximum Gasteiger partial charge on any atom is 0.317 e. The molecule has 1 aromatic heterocycles. The van der Waals surface area contributed by atoms with Gasteiger partial charge in [0.1, 0.15) is 0 Å². The molecule has 2 heterocycles. The zero-order valence-corrected chi connectivity index (χ0v) is 10.6. The third kappa shape index (κ3) is 3.18. The van der Waals surface area contributed by atoms with Crippen molar-refractivity contribution in [2.45, 2.75) is 13.5 Å². The Hall–Kier alpha value is -2.18. The molecular weight excluding hydrogens is 248 g/mol. The van der Waals surface area contributed by atoms with Gasteiger partial charge >= 0.3 is 12.0 Å². The lowest BCUT2D eigenvalue weighted by molar-refractivity contribution is -0.142. The Kier molecular flexibility index (Phi) is 3.94. The molecule has 2 rings (SSSR count). The number of carboxylic acid groups (broad SMARTS) is 1. The van der Waals surface area contributed by atoms with Crippen LogP contribution in [0, 0.1) is 11.8 Å². The zero-order chi connectivity index (χ0) is 13.8. The van der Waals surface area contributed by atoms with Crippen molar-refractivity contribution in [2.75, 3.05) is 13.1 Å². The van der Waals surface area contributed by atoms with Gasteiger partial charge in [0.05, 0.1) is 18.2 Å². The van der Waals surface area contributed by atoms with Gasteiger partial charge in [0.25, 0.3) is 0 Å². The molecule has 0 unspecified atom stereocenters. The largest absolute Gasteiger partial charge is 0.481 e. The van der Waals surface area contributed by atoms with Crippen LogP contribution in [0.4, 0.5) is 4.79 Å². The van der Waals surface area contributed by atoms with Crippen LogP contribution in [0.3, 0.4) is 0 Å². The van der Waals surface area contributed by atoms with E-state index in [1.165, 1.54) is 4.90 Å². The third-order valence-electron chi connectivity index (χ3n) is 3.27. The molecule has 7 nitrogen and oxygen atoms in total. The second-order valence-corrected chi connectivity index (χ2v) is 4.70. The van der Waals surface area contributed by atoms with Crippen LogP contribution in [0.2, 0.25) is 0 Å². The summed E-state index contributed by atoms with van der Waals surface area (Å²) in [7, 11) is 0. The molecule has 0 spiro atoms. The smallest absolute Gasteiger partial charge is 0.317 e. The van der Waals surface area contributed by atoms with Gasteiger partial charge in [0.15, 0.2) is 0 Å². The number of nitrogens with zero attached hydrogens (tertiary/aromatic N) is 3. The van der Waals surface area contributed by atoms with Gasteiger partial charge in [-0.15, -0.1) is 0 Å². The number of hydrogen-bond donors (Lipinski definition) is 2. The summed E-state index contributed by atoms with van der Waals surface area (Å²) in [6.07, 6.45) is 1.56. The highest BCUT2D eigenvalue weighted by molar-refractivity contribution is 5.77. The fourth-order valence-electron chi connectivity index (χ4n) is 2.16. The average molecular weight is 264 g/mol. The fourth-order valence-corrected chi connectivity index (χ4v) is 2.16. The van der Waals surface area contributed by atoms with Gasteiger partial charge in [-0.25, -0.2) is 4.79 Å². The molecule has 1 fully saturated rings. The van der Waals surface area contributed by atoms with Crippen LogP contribution in [0.25, 0.3) is 0 Å². The van der Waals surface area contributed by atoms with Crippen molar-refractivity contribution < 1.29 is 14.7 Å². The Morgan fingerprint density at radius 2 is 2.32 bits per heavy atom. The number of carbonyl (C=O) groups excluding carboxylic acids is 1. The highest BCUT2D eigenvalue weighted by Gasteiger charge is 2.36. The molecule has 0 aromatic carbocycles. The van der Waals surface area contributed by atoms with Crippen LogP contribution >= 0.6 is 0 Å². The number of likely N-dealkylation sites (tertiary alicyclic amines) is 1. The Morgan fingerprint density at radius 3 is 2.89 bits per heavy atom. The van der Waals surface area contributed by atoms with Crippen molar-refractivity contribution in [1.82, 2.24) is 20.4 Å². The van der Waals surface area contributed by atoms with Crippen LogP contribution in [0.15, 0.2) is 18.3 Å². The summed E-state index contributed by atoms with van der Waals surface area (Å²) >= 11 is 0. The summed E-state index contributed by atoms with van der Waals surface area (Å²) in [5.74, 6) is -1.36. The van der Waals surface area contributed by atoms with Crippen molar-refractivity contribution in [3.05, 3.63) is 24.0 Å². The second kappa shape index (κ2) is 5.64. The van der Waals surface area contributed by atoms with Gasteiger partial charge in [-0.05, 0) is 18.1 Å². The van der Waals surface area contributed by atoms with Gasteiger partial charge in [0.2, 0.25) is 0 Å². The first-order valence-electron chi connectivity index (χ1n) is 6.10. The maximum absolute atomic E-state index is 11.9. The first kappa shape index (κ1) is 13.3. The van der Waals surface area contributed by atoms with Crippen molar-refractivity contribution in [3.63, 3.8) is 0 Å². The quantitative estimate of drug-likeness (QED) is 0.820. The highest BCUT2D eigenvalue weighted by Crippen LogP contribution is 2.22. The summed E-state index contributed by atoms with van der Waals surface area (Å²) in [4.78, 5) is 24.4. The van der Waals surface area contributed by atoms with Crippen molar-refractivity contribution in [3.8, 4) is 0 Å². The van der Waals surface area contributed by atoms with E-state index in [2.05, 4.69) is 15.5 Å². The van der Waals surface area contributed by atoms with E-state index in [9.17, 15) is 9.59 Å². The number of carbonyl (C=O) groups is 2. The molecule has 0 saturated carbocycles. The van der Waals surface area contributed by atoms with Gasteiger partial charge in [0, 0.05) is 19.3 Å². The molecule has 7 heteroatoms. The number of nitrogens with one attached hydrogen (secondary N) is 1. The SMILES string of the molecule is C[C@@H]1CN(C(=O)NCc2cccnn2)C[C@H]1C(=O)O. The van der Waals surface area contributed by atoms with Gasteiger partial charge in [-0.2, -0.15) is 10.2 Å². The predicted octanol–water partition coefficient (Wildman–Crippen LogP) is 0.339. The lowest BCUT2D eigenvalue weighted by atomic mass is 9.99. The second-order valence-electron chi connectivity index (χ2n) is 4.70. The molecule has 102 valence electrons. The minimum atomic E-state index is -0.850. The summed E-state index contributed by atoms with van der Waals surface area (Å²) in [5.41, 5.74) is 0.665. The first-order valence-corrected chi connectivity index (χ1v) is 6.10. The van der Waals surface area contributed by atoms with Crippen LogP contribution in [0.1, 0.15) is 12.6 Å². The molecular formula is C12H16N4O3. The first-order chi connectivity index (χ1) is 9.08. The molecule has 1 saturated heterocycles. The number of urea groups is 1. The van der Waals surface area contributed by atoms with E-state index in [4.69, 9.17) is 5.11 Å². The third-order valence-corrected chi connectivity index (χ3v) is 3.27. The Bertz CT molecular complexity index is 465. The average Bonchev–Trinajstić information content (AvgIpc) is 2.79. The molecule has 2 atom stereocenters. The van der Waals surface area contributed by atoms with E-state index >= 15 is 0 Å². The van der Waals surface area contributed by atoms with E-state index < -0.39 is 11.9 Å². The molecule has 1 aromatic rings. The van der Waals surface area contributed by atoms with Crippen LogP contribution in [-0.4, -0.2) is 45.3 Å². The lowest BCUT2D eigenvalue weighted by Crippen LogP contribution is -2.38. The number of amides is 2. The Labute approximate surface area is 110 Å². The van der Waals surface area contributed by atoms with Crippen molar-refractivity contribution >= 4 is 12.0 Å². The summed E-state index contributed by atoms with van der Waals surface area (Å²) in [6.45, 7) is 2.84. The molecule has 19 heavy (non-hydrogen) atoms. The number of aromatic nitrogens is 2. The summed E-state index contributed by atoms with van der Waals surface area (Å²) < 4.78 is 0. The van der Waals surface area contributed by atoms with E-state index in [1.807, 2.05) is 6.92 Å². The zero-order valence-electron chi connectivity index (χ0n) is 10.6. The summed E-state index contributed by atoms with van der Waals surface area (Å²) in [5, 5.41) is 19.3. The standard InChI is InChI=1S/C12H16N4O3/c1-8-6-16(7-10(8)11(17)18)12(19)13-5-9-3-2-4-14-15-9/h2-4,8,10H,5-7H2,1H3,(H,13,19)(H,17,18)/t8-,10-/m1/s1. The highest BCUT2D eigenvalue weighted by atomic mass is 16.4. The fraction of sp³-hybridized carbons (Fsp3) is 0.500. The molecule has 1 aliphatic heterocycles. The summed E-state index contributed by atoms with van der Waals surface area (Å²) in [6, 6.07) is 3.24. The van der Waals surface area contributed by atoms with Crippen LogP contribution < -0.4 is 5.32 Å². The van der Waals surface area contributed by atoms with E-state index in [-0.39, 0.29) is 25.0 Å². The topological polar surface area (TPSA) is 95.4 Å². The van der Waals surface area contributed by atoms with Gasteiger partial charge in [-0.3, -0.25) is 4.79 Å². The van der Waals surface area contributed by atoms with E-state index in [1.54, 1.807) is 18.3 Å². The van der Waals surface area contributed by atoms with Gasteiger partial charge < -0.3 is 15.3 Å². The monoisotopic (exact) mass is 264 g/mol. The molecule has 0 bridgehead atoms. The number of carboxylic acids is 1. The number of hydrogen-bond acceptors (Lipinski definition) is 4.